The number of piperazine rings is 1. The van der Waals surface area contributed by atoms with Crippen molar-refractivity contribution in [2.75, 3.05) is 18.4 Å². The van der Waals surface area contributed by atoms with Crippen LogP contribution in [0.15, 0.2) is 60.7 Å². The van der Waals surface area contributed by atoms with Crippen molar-refractivity contribution in [1.82, 2.24) is 10.2 Å². The van der Waals surface area contributed by atoms with Crippen LogP contribution in [0.5, 0.6) is 0 Å². The Kier molecular flexibility index (Phi) is 4.32. The zero-order valence-electron chi connectivity index (χ0n) is 16.3. The lowest BCUT2D eigenvalue weighted by Gasteiger charge is -2.48. The molecule has 3 aromatic rings. The Hall–Kier alpha value is -3.18. The number of carbonyl (C=O) groups excluding carboxylic acids is 2. The van der Waals surface area contributed by atoms with Gasteiger partial charge in [-0.1, -0.05) is 42.5 Å². The van der Waals surface area contributed by atoms with E-state index in [0.29, 0.717) is 12.1 Å². The molecule has 0 saturated carbocycles. The number of rotatable bonds is 3. The maximum atomic E-state index is 13.3. The molecule has 2 atom stereocenters. The minimum absolute atomic E-state index is 0.0953. The summed E-state index contributed by atoms with van der Waals surface area (Å²) in [5.74, 6) is 0.0120. The van der Waals surface area contributed by atoms with Gasteiger partial charge in [-0.25, -0.2) is 0 Å². The second kappa shape index (κ2) is 7.01. The molecule has 3 aliphatic heterocycles. The van der Waals surface area contributed by atoms with Crippen LogP contribution < -0.4 is 10.6 Å². The van der Waals surface area contributed by atoms with E-state index in [1.54, 1.807) is 0 Å². The molecule has 2 unspecified atom stereocenters. The van der Waals surface area contributed by atoms with Crippen LogP contribution in [0, 0.1) is 0 Å². The summed E-state index contributed by atoms with van der Waals surface area (Å²) in [6.45, 7) is 3.07. The molecule has 3 aromatic carbocycles. The molecule has 6 rings (SSSR count). The Balaban J connectivity index is 1.55. The molecule has 29 heavy (non-hydrogen) atoms. The summed E-state index contributed by atoms with van der Waals surface area (Å²) >= 11 is 0. The Bertz CT molecular complexity index is 1110. The summed E-state index contributed by atoms with van der Waals surface area (Å²) in [5, 5.41) is 8.32. The summed E-state index contributed by atoms with van der Waals surface area (Å²) in [4.78, 5) is 26.6. The van der Waals surface area contributed by atoms with E-state index in [1.807, 2.05) is 53.4 Å². The van der Waals surface area contributed by atoms with Gasteiger partial charge in [0.1, 0.15) is 0 Å². The molecule has 2 amide bonds. The summed E-state index contributed by atoms with van der Waals surface area (Å²) in [6, 6.07) is 20.7. The predicted octanol–water partition coefficient (Wildman–Crippen LogP) is 3.65. The maximum Gasteiger partial charge on any atom is 0.254 e. The molecule has 3 saturated heterocycles. The molecule has 0 radical (unpaired) electrons. The molecule has 3 fully saturated rings. The fourth-order valence-electron chi connectivity index (χ4n) is 4.57. The number of fused-ring (bicyclic) bond motifs is 3. The first-order valence-electron chi connectivity index (χ1n) is 10.0. The minimum Gasteiger partial charge on any atom is -0.336 e. The number of hydrogen-bond donors (Lipinski definition) is 2. The number of amides is 2. The van der Waals surface area contributed by atoms with Crippen LogP contribution in [0.1, 0.15) is 23.7 Å². The maximum absolute atomic E-state index is 13.3. The van der Waals surface area contributed by atoms with Crippen molar-refractivity contribution in [2.24, 2.45) is 0 Å². The lowest BCUT2D eigenvalue weighted by Crippen LogP contribution is -2.67. The molecule has 0 aliphatic carbocycles. The Morgan fingerprint density at radius 2 is 1.66 bits per heavy atom. The van der Waals surface area contributed by atoms with E-state index in [4.69, 9.17) is 0 Å². The molecule has 0 spiro atoms. The molecular weight excluding hydrogens is 362 g/mol. The van der Waals surface area contributed by atoms with E-state index in [1.165, 1.54) is 13.3 Å². The van der Waals surface area contributed by atoms with Crippen LogP contribution in [0.4, 0.5) is 5.69 Å². The molecule has 5 nitrogen and oxygen atoms in total. The highest BCUT2D eigenvalue weighted by atomic mass is 16.2. The van der Waals surface area contributed by atoms with E-state index in [-0.39, 0.29) is 11.8 Å². The van der Waals surface area contributed by atoms with Crippen molar-refractivity contribution < 1.29 is 9.59 Å². The topological polar surface area (TPSA) is 61.4 Å². The molecule has 5 heteroatoms. The molecule has 3 heterocycles. The highest BCUT2D eigenvalue weighted by Gasteiger charge is 2.38. The third-order valence-corrected chi connectivity index (χ3v) is 5.86. The van der Waals surface area contributed by atoms with Gasteiger partial charge in [-0.2, -0.15) is 0 Å². The fraction of sp³-hybridized carbons (Fsp3) is 0.250. The van der Waals surface area contributed by atoms with Crippen LogP contribution in [-0.4, -0.2) is 41.9 Å². The van der Waals surface area contributed by atoms with Gasteiger partial charge in [0.05, 0.1) is 0 Å². The van der Waals surface area contributed by atoms with Gasteiger partial charge >= 0.3 is 0 Å². The number of benzene rings is 3. The van der Waals surface area contributed by atoms with Crippen molar-refractivity contribution in [3.8, 4) is 11.1 Å². The number of hydrogen-bond acceptors (Lipinski definition) is 3. The average molecular weight is 385 g/mol. The molecule has 0 aromatic heterocycles. The SMILES string of the molecule is CC(=O)Nc1cccc(-c2cccc3c(C(=O)N4CC5CC(C4)N5)cccc23)c1. The number of nitrogens with zero attached hydrogens (tertiary/aromatic N) is 1. The van der Waals surface area contributed by atoms with Crippen LogP contribution in [0.2, 0.25) is 0 Å². The zero-order chi connectivity index (χ0) is 20.0. The highest BCUT2D eigenvalue weighted by molar-refractivity contribution is 6.10. The largest absolute Gasteiger partial charge is 0.336 e. The summed E-state index contributed by atoms with van der Waals surface area (Å²) in [7, 11) is 0. The van der Waals surface area contributed by atoms with Crippen molar-refractivity contribution in [3.63, 3.8) is 0 Å². The number of carbonyl (C=O) groups is 2. The van der Waals surface area contributed by atoms with Crippen molar-refractivity contribution in [1.29, 1.82) is 0 Å². The lowest BCUT2D eigenvalue weighted by atomic mass is 9.90. The Morgan fingerprint density at radius 1 is 0.966 bits per heavy atom. The second-order valence-corrected chi connectivity index (χ2v) is 7.97. The van der Waals surface area contributed by atoms with E-state index >= 15 is 0 Å². The quantitative estimate of drug-likeness (QED) is 0.723. The van der Waals surface area contributed by atoms with Crippen LogP contribution in [-0.2, 0) is 4.79 Å². The standard InChI is InChI=1S/C24H23N3O2/c1-15(28)25-17-6-2-5-16(11-17)20-7-3-9-22-21(20)8-4-10-23(22)24(29)27-13-18-12-19(14-27)26-18/h2-11,18-19,26H,12-14H2,1H3,(H,25,28). The van der Waals surface area contributed by atoms with E-state index in [9.17, 15) is 9.59 Å². The third-order valence-electron chi connectivity index (χ3n) is 5.86. The number of piperidine rings is 1. The van der Waals surface area contributed by atoms with Crippen molar-refractivity contribution in [3.05, 3.63) is 66.2 Å². The van der Waals surface area contributed by atoms with Gasteiger partial charge in [-0.3, -0.25) is 9.59 Å². The summed E-state index contributed by atoms with van der Waals surface area (Å²) in [6.07, 6.45) is 1.17. The second-order valence-electron chi connectivity index (χ2n) is 7.97. The molecular formula is C24H23N3O2. The third kappa shape index (κ3) is 3.28. The predicted molar refractivity (Wildman–Crippen MR) is 115 cm³/mol. The molecule has 2 N–H and O–H groups in total. The zero-order valence-corrected chi connectivity index (χ0v) is 16.3. The first kappa shape index (κ1) is 17.9. The summed E-state index contributed by atoms with van der Waals surface area (Å²) < 4.78 is 0. The first-order chi connectivity index (χ1) is 14.1. The normalized spacial score (nSPS) is 20.2. The fourth-order valence-corrected chi connectivity index (χ4v) is 4.57. The van der Waals surface area contributed by atoms with Crippen molar-refractivity contribution >= 4 is 28.3 Å². The van der Waals surface area contributed by atoms with Crippen LogP contribution >= 0.6 is 0 Å². The van der Waals surface area contributed by atoms with Crippen LogP contribution in [0.3, 0.4) is 0 Å². The van der Waals surface area contributed by atoms with Gasteiger partial charge in [0.15, 0.2) is 0 Å². The smallest absolute Gasteiger partial charge is 0.254 e. The van der Waals surface area contributed by atoms with Gasteiger partial charge in [-0.15, -0.1) is 0 Å². The van der Waals surface area contributed by atoms with Gasteiger partial charge in [0.2, 0.25) is 5.91 Å². The van der Waals surface area contributed by atoms with Gasteiger partial charge in [0.25, 0.3) is 5.91 Å². The first-order valence-corrected chi connectivity index (χ1v) is 10.0. The van der Waals surface area contributed by atoms with Gasteiger partial charge < -0.3 is 15.5 Å². The molecule has 2 bridgehead atoms. The number of anilines is 1. The molecule has 146 valence electrons. The average Bonchev–Trinajstić information content (AvgIpc) is 2.71. The van der Waals surface area contributed by atoms with Gasteiger partial charge in [-0.05, 0) is 46.5 Å². The Labute approximate surface area is 169 Å². The Morgan fingerprint density at radius 3 is 2.41 bits per heavy atom. The minimum atomic E-state index is -0.0953. The van der Waals surface area contributed by atoms with E-state index < -0.39 is 0 Å². The number of nitrogens with one attached hydrogen (secondary N) is 2. The summed E-state index contributed by atoms with van der Waals surface area (Å²) in [5.41, 5.74) is 3.57. The monoisotopic (exact) mass is 385 g/mol. The lowest BCUT2D eigenvalue weighted by molar-refractivity contribution is -0.114. The molecule has 3 aliphatic rings. The van der Waals surface area contributed by atoms with E-state index in [2.05, 4.69) is 22.8 Å². The van der Waals surface area contributed by atoms with Gasteiger partial charge in [0, 0.05) is 43.3 Å². The van der Waals surface area contributed by atoms with E-state index in [0.717, 1.165) is 46.2 Å². The van der Waals surface area contributed by atoms with Crippen LogP contribution in [0.25, 0.3) is 21.9 Å². The van der Waals surface area contributed by atoms with Crippen molar-refractivity contribution in [2.45, 2.75) is 25.4 Å². The highest BCUT2D eigenvalue weighted by Crippen LogP contribution is 2.33.